The minimum absolute atomic E-state index is 0.0737. The molecule has 0 radical (unpaired) electrons. The number of nitrogens with one attached hydrogen (secondary N) is 2. The first-order valence-electron chi connectivity index (χ1n) is 4.60. The van der Waals surface area contributed by atoms with Crippen LogP contribution in [0.5, 0.6) is 0 Å². The van der Waals surface area contributed by atoms with E-state index in [1.165, 1.54) is 6.07 Å². The van der Waals surface area contributed by atoms with Crippen molar-refractivity contribution in [3.05, 3.63) is 42.6 Å². The van der Waals surface area contributed by atoms with Crippen molar-refractivity contribution < 1.29 is 8.42 Å². The molecular weight excluding hydrogens is 226 g/mol. The number of benzene rings is 1. The van der Waals surface area contributed by atoms with E-state index in [9.17, 15) is 8.42 Å². The summed E-state index contributed by atoms with van der Waals surface area (Å²) in [5.41, 5.74) is 5.83. The van der Waals surface area contributed by atoms with Crippen LogP contribution in [0.1, 0.15) is 0 Å². The lowest BCUT2D eigenvalue weighted by Crippen LogP contribution is -2.14. The van der Waals surface area contributed by atoms with Gasteiger partial charge in [0.15, 0.2) is 0 Å². The van der Waals surface area contributed by atoms with Gasteiger partial charge in [0.1, 0.15) is 10.7 Å². The number of nitrogen functional groups attached to an aromatic ring is 1. The highest BCUT2D eigenvalue weighted by Crippen LogP contribution is 2.19. The quantitative estimate of drug-likeness (QED) is 0.705. The largest absolute Gasteiger partial charge is 0.398 e. The van der Waals surface area contributed by atoms with E-state index in [0.717, 1.165) is 0 Å². The van der Waals surface area contributed by atoms with Gasteiger partial charge in [0.2, 0.25) is 0 Å². The Morgan fingerprint density at radius 1 is 1.12 bits per heavy atom. The van der Waals surface area contributed by atoms with Crippen molar-refractivity contribution in [1.82, 2.24) is 4.98 Å². The number of aromatic nitrogens is 1. The van der Waals surface area contributed by atoms with Crippen molar-refractivity contribution in [2.45, 2.75) is 4.90 Å². The van der Waals surface area contributed by atoms with Gasteiger partial charge in [-0.15, -0.1) is 0 Å². The molecule has 0 amide bonds. The summed E-state index contributed by atoms with van der Waals surface area (Å²) in [5, 5.41) is 0. The van der Waals surface area contributed by atoms with Gasteiger partial charge < -0.3 is 10.7 Å². The smallest absolute Gasteiger partial charge is 0.265 e. The molecule has 5 nitrogen and oxygen atoms in total. The van der Waals surface area contributed by atoms with Gasteiger partial charge in [0, 0.05) is 6.20 Å². The zero-order chi connectivity index (χ0) is 11.6. The Kier molecular flexibility index (Phi) is 2.57. The summed E-state index contributed by atoms with van der Waals surface area (Å²) in [7, 11) is -3.62. The van der Waals surface area contributed by atoms with Crippen molar-refractivity contribution in [2.24, 2.45) is 0 Å². The van der Waals surface area contributed by atoms with Crippen molar-refractivity contribution in [1.29, 1.82) is 0 Å². The molecule has 0 aliphatic heterocycles. The molecule has 0 saturated carbocycles. The lowest BCUT2D eigenvalue weighted by atomic mass is 10.3. The number of nitrogens with two attached hydrogens (primary N) is 1. The predicted octanol–water partition coefficient (Wildman–Crippen LogP) is 1.40. The first-order valence-corrected chi connectivity index (χ1v) is 6.08. The van der Waals surface area contributed by atoms with E-state index in [-0.39, 0.29) is 10.6 Å². The van der Waals surface area contributed by atoms with Crippen LogP contribution in [0.3, 0.4) is 0 Å². The van der Waals surface area contributed by atoms with Gasteiger partial charge in [0.25, 0.3) is 10.0 Å². The maximum absolute atomic E-state index is 11.9. The summed E-state index contributed by atoms with van der Waals surface area (Å²) >= 11 is 0. The second-order valence-corrected chi connectivity index (χ2v) is 4.88. The van der Waals surface area contributed by atoms with Gasteiger partial charge in [-0.05, 0) is 24.3 Å². The van der Waals surface area contributed by atoms with E-state index in [1.807, 2.05) is 0 Å². The van der Waals surface area contributed by atoms with Crippen molar-refractivity contribution >= 4 is 21.5 Å². The highest BCUT2D eigenvalue weighted by atomic mass is 32.2. The number of H-pyrrole nitrogens is 1. The first-order chi connectivity index (χ1) is 7.59. The van der Waals surface area contributed by atoms with Crippen LogP contribution in [0.4, 0.5) is 11.5 Å². The van der Waals surface area contributed by atoms with Gasteiger partial charge in [-0.25, -0.2) is 8.42 Å². The van der Waals surface area contributed by atoms with Crippen LogP contribution >= 0.6 is 0 Å². The van der Waals surface area contributed by atoms with Crippen molar-refractivity contribution in [3.8, 4) is 0 Å². The zero-order valence-corrected chi connectivity index (χ0v) is 9.16. The molecule has 1 aromatic carbocycles. The van der Waals surface area contributed by atoms with Crippen LogP contribution < -0.4 is 10.5 Å². The summed E-state index contributed by atoms with van der Waals surface area (Å²) < 4.78 is 26.2. The molecular formula is C10H11N3O2S. The van der Waals surface area contributed by atoms with Crippen molar-refractivity contribution in [3.63, 3.8) is 0 Å². The molecule has 2 rings (SSSR count). The Hall–Kier alpha value is -1.95. The summed E-state index contributed by atoms with van der Waals surface area (Å²) in [6.45, 7) is 0. The molecule has 0 unspecified atom stereocenters. The molecule has 0 aliphatic carbocycles. The number of rotatable bonds is 3. The molecule has 1 heterocycles. The third kappa shape index (κ3) is 2.01. The second-order valence-electron chi connectivity index (χ2n) is 3.23. The maximum Gasteiger partial charge on any atom is 0.265 e. The fourth-order valence-corrected chi connectivity index (χ4v) is 2.48. The maximum atomic E-state index is 11.9. The predicted molar refractivity (Wildman–Crippen MR) is 62.5 cm³/mol. The molecule has 2 aromatic rings. The number of para-hydroxylation sites is 1. The highest BCUT2D eigenvalue weighted by Gasteiger charge is 2.16. The normalized spacial score (nSPS) is 11.2. The Balaban J connectivity index is 2.37. The minimum Gasteiger partial charge on any atom is -0.398 e. The van der Waals surface area contributed by atoms with Gasteiger partial charge in [0.05, 0.1) is 5.69 Å². The SMILES string of the molecule is Nc1ccccc1S(=O)(=O)Nc1ccc[nH]1. The van der Waals surface area contributed by atoms with E-state index < -0.39 is 10.0 Å². The number of hydrogen-bond acceptors (Lipinski definition) is 3. The van der Waals surface area contributed by atoms with Crippen molar-refractivity contribution in [2.75, 3.05) is 10.5 Å². The number of sulfonamides is 1. The Morgan fingerprint density at radius 2 is 1.88 bits per heavy atom. The zero-order valence-electron chi connectivity index (χ0n) is 8.34. The third-order valence-electron chi connectivity index (χ3n) is 2.05. The van der Waals surface area contributed by atoms with E-state index in [1.54, 1.807) is 36.5 Å². The average molecular weight is 237 g/mol. The first kappa shape index (κ1) is 10.6. The van der Waals surface area contributed by atoms with Crippen LogP contribution in [-0.4, -0.2) is 13.4 Å². The Bertz CT molecular complexity index is 576. The lowest BCUT2D eigenvalue weighted by molar-refractivity contribution is 0.601. The molecule has 1 aromatic heterocycles. The van der Waals surface area contributed by atoms with E-state index >= 15 is 0 Å². The molecule has 84 valence electrons. The van der Waals surface area contributed by atoms with Crippen LogP contribution in [0.25, 0.3) is 0 Å². The summed E-state index contributed by atoms with van der Waals surface area (Å²) in [4.78, 5) is 2.83. The number of aromatic amines is 1. The minimum atomic E-state index is -3.62. The Labute approximate surface area is 93.3 Å². The molecule has 0 aliphatic rings. The van der Waals surface area contributed by atoms with Crippen LogP contribution in [0.15, 0.2) is 47.5 Å². The molecule has 4 N–H and O–H groups in total. The van der Waals surface area contributed by atoms with E-state index in [4.69, 9.17) is 5.73 Å². The molecule has 16 heavy (non-hydrogen) atoms. The van der Waals surface area contributed by atoms with Crippen LogP contribution in [-0.2, 0) is 10.0 Å². The van der Waals surface area contributed by atoms with Crippen LogP contribution in [0, 0.1) is 0 Å². The summed E-state index contributed by atoms with van der Waals surface area (Å²) in [5.74, 6) is 0.406. The van der Waals surface area contributed by atoms with Crippen LogP contribution in [0.2, 0.25) is 0 Å². The van der Waals surface area contributed by atoms with Gasteiger partial charge in [-0.1, -0.05) is 12.1 Å². The molecule has 0 fully saturated rings. The fourth-order valence-electron chi connectivity index (χ4n) is 1.32. The van der Waals surface area contributed by atoms with Gasteiger partial charge >= 0.3 is 0 Å². The van der Waals surface area contributed by atoms with E-state index in [0.29, 0.717) is 5.82 Å². The third-order valence-corrected chi connectivity index (χ3v) is 3.49. The number of hydrogen-bond donors (Lipinski definition) is 3. The molecule has 0 bridgehead atoms. The standard InChI is InChI=1S/C10H11N3O2S/c11-8-4-1-2-5-9(8)16(14,15)13-10-6-3-7-12-10/h1-7,12-13H,11H2. The average Bonchev–Trinajstić information content (AvgIpc) is 2.70. The second kappa shape index (κ2) is 3.90. The van der Waals surface area contributed by atoms with Gasteiger partial charge in [-0.2, -0.15) is 0 Å². The molecule has 0 spiro atoms. The summed E-state index contributed by atoms with van der Waals surface area (Å²) in [6.07, 6.45) is 1.63. The topological polar surface area (TPSA) is 88.0 Å². The summed E-state index contributed by atoms with van der Waals surface area (Å²) in [6, 6.07) is 9.63. The lowest BCUT2D eigenvalue weighted by Gasteiger charge is -2.08. The van der Waals surface area contributed by atoms with Gasteiger partial charge in [-0.3, -0.25) is 4.72 Å². The molecule has 0 atom stereocenters. The fraction of sp³-hybridized carbons (Fsp3) is 0. The Morgan fingerprint density at radius 3 is 2.50 bits per heavy atom. The molecule has 6 heteroatoms. The highest BCUT2D eigenvalue weighted by molar-refractivity contribution is 7.92. The number of anilines is 2. The van der Waals surface area contributed by atoms with E-state index in [2.05, 4.69) is 9.71 Å². The monoisotopic (exact) mass is 237 g/mol. The molecule has 0 saturated heterocycles.